The zero-order chi connectivity index (χ0) is 14.1. The van der Waals surface area contributed by atoms with Gasteiger partial charge in [0.25, 0.3) is 0 Å². The van der Waals surface area contributed by atoms with Crippen LogP contribution in [0.4, 0.5) is 0 Å². The summed E-state index contributed by atoms with van der Waals surface area (Å²) in [6.45, 7) is 5.50. The summed E-state index contributed by atoms with van der Waals surface area (Å²) in [7, 11) is 1.62. The van der Waals surface area contributed by atoms with Crippen LogP contribution in [0.15, 0.2) is 36.9 Å². The predicted molar refractivity (Wildman–Crippen MR) is 75.1 cm³/mol. The number of nitrogens with zero attached hydrogens (tertiary/aromatic N) is 1. The van der Waals surface area contributed by atoms with E-state index in [4.69, 9.17) is 9.84 Å². The Hall–Kier alpha value is -1.65. The number of rotatable bonds is 9. The largest absolute Gasteiger partial charge is 0.480 e. The van der Waals surface area contributed by atoms with Crippen molar-refractivity contribution in [1.82, 2.24) is 4.90 Å². The highest BCUT2D eigenvalue weighted by Gasteiger charge is 2.11. The van der Waals surface area contributed by atoms with Crippen molar-refractivity contribution in [2.45, 2.75) is 13.0 Å². The average molecular weight is 263 g/mol. The number of hydrogen-bond donors (Lipinski definition) is 1. The summed E-state index contributed by atoms with van der Waals surface area (Å²) in [4.78, 5) is 12.7. The highest BCUT2D eigenvalue weighted by Crippen LogP contribution is 2.12. The minimum atomic E-state index is -0.822. The molecule has 1 aromatic rings. The van der Waals surface area contributed by atoms with Gasteiger partial charge in [-0.15, -0.1) is 6.58 Å². The third-order valence-corrected chi connectivity index (χ3v) is 2.85. The molecule has 0 aliphatic heterocycles. The van der Waals surface area contributed by atoms with Gasteiger partial charge in [0.1, 0.15) is 0 Å². The number of methoxy groups -OCH3 is 1. The van der Waals surface area contributed by atoms with Crippen LogP contribution in [0.5, 0.6) is 0 Å². The van der Waals surface area contributed by atoms with Crippen molar-refractivity contribution in [1.29, 1.82) is 0 Å². The van der Waals surface area contributed by atoms with Crippen LogP contribution in [0.25, 0.3) is 0 Å². The number of benzene rings is 1. The first-order valence-corrected chi connectivity index (χ1v) is 6.28. The number of hydrogen-bond acceptors (Lipinski definition) is 3. The fourth-order valence-corrected chi connectivity index (χ4v) is 1.93. The molecule has 0 atom stereocenters. The molecule has 0 radical (unpaired) electrons. The summed E-state index contributed by atoms with van der Waals surface area (Å²) in [6.07, 6.45) is 2.65. The highest BCUT2D eigenvalue weighted by atomic mass is 16.5. The SMILES string of the molecule is C=CCc1ccccc1CN(CCOC)CC(=O)O. The van der Waals surface area contributed by atoms with Crippen molar-refractivity contribution in [2.24, 2.45) is 0 Å². The molecule has 0 heterocycles. The Morgan fingerprint density at radius 2 is 2.11 bits per heavy atom. The Bertz CT molecular complexity index is 418. The second kappa shape index (κ2) is 8.45. The Balaban J connectivity index is 2.76. The third-order valence-electron chi connectivity index (χ3n) is 2.85. The maximum Gasteiger partial charge on any atom is 0.317 e. The molecular formula is C15H21NO3. The fourth-order valence-electron chi connectivity index (χ4n) is 1.93. The van der Waals surface area contributed by atoms with Crippen molar-refractivity contribution >= 4 is 5.97 Å². The Morgan fingerprint density at radius 3 is 2.68 bits per heavy atom. The number of ether oxygens (including phenoxy) is 1. The van der Waals surface area contributed by atoms with Gasteiger partial charge in [-0.25, -0.2) is 0 Å². The summed E-state index contributed by atoms with van der Waals surface area (Å²) in [6, 6.07) is 8.03. The second-order valence-corrected chi connectivity index (χ2v) is 4.36. The number of allylic oxidation sites excluding steroid dienone is 1. The van der Waals surface area contributed by atoms with Gasteiger partial charge in [-0.3, -0.25) is 9.69 Å². The maximum atomic E-state index is 10.9. The standard InChI is InChI=1S/C15H21NO3/c1-3-6-13-7-4-5-8-14(13)11-16(9-10-19-2)12-15(17)18/h3-5,7-8H,1,6,9-12H2,2H3,(H,17,18). The van der Waals surface area contributed by atoms with Crippen LogP contribution in [0.1, 0.15) is 11.1 Å². The summed E-state index contributed by atoms with van der Waals surface area (Å²) >= 11 is 0. The van der Waals surface area contributed by atoms with Crippen LogP contribution in [0.2, 0.25) is 0 Å². The molecule has 0 aliphatic rings. The highest BCUT2D eigenvalue weighted by molar-refractivity contribution is 5.69. The van der Waals surface area contributed by atoms with Crippen LogP contribution in [-0.4, -0.2) is 42.8 Å². The van der Waals surface area contributed by atoms with E-state index in [0.717, 1.165) is 12.0 Å². The van der Waals surface area contributed by atoms with Gasteiger partial charge in [0.15, 0.2) is 0 Å². The monoisotopic (exact) mass is 263 g/mol. The maximum absolute atomic E-state index is 10.9. The Labute approximate surface area is 114 Å². The lowest BCUT2D eigenvalue weighted by molar-refractivity contribution is -0.138. The number of carboxylic acid groups (broad SMARTS) is 1. The van der Waals surface area contributed by atoms with E-state index in [-0.39, 0.29) is 6.54 Å². The first-order chi connectivity index (χ1) is 9.17. The van der Waals surface area contributed by atoms with Crippen LogP contribution >= 0.6 is 0 Å². The normalized spacial score (nSPS) is 10.6. The van der Waals surface area contributed by atoms with Crippen molar-refractivity contribution in [2.75, 3.05) is 26.8 Å². The van der Waals surface area contributed by atoms with Crippen molar-refractivity contribution < 1.29 is 14.6 Å². The van der Waals surface area contributed by atoms with E-state index in [2.05, 4.69) is 6.58 Å². The molecule has 1 aromatic carbocycles. The molecule has 0 amide bonds. The second-order valence-electron chi connectivity index (χ2n) is 4.36. The van der Waals surface area contributed by atoms with Crippen LogP contribution in [0, 0.1) is 0 Å². The van der Waals surface area contributed by atoms with Gasteiger partial charge in [-0.05, 0) is 17.5 Å². The fraction of sp³-hybridized carbons (Fsp3) is 0.400. The van der Waals surface area contributed by atoms with E-state index in [9.17, 15) is 4.79 Å². The van der Waals surface area contributed by atoms with Gasteiger partial charge in [-0.2, -0.15) is 0 Å². The van der Waals surface area contributed by atoms with E-state index < -0.39 is 5.97 Å². The lowest BCUT2D eigenvalue weighted by Crippen LogP contribution is -2.32. The minimum absolute atomic E-state index is 0.0196. The predicted octanol–water partition coefficient (Wildman–Crippen LogP) is 1.95. The van der Waals surface area contributed by atoms with Crippen LogP contribution in [0.3, 0.4) is 0 Å². The topological polar surface area (TPSA) is 49.8 Å². The van der Waals surface area contributed by atoms with E-state index in [0.29, 0.717) is 19.7 Å². The molecule has 0 spiro atoms. The van der Waals surface area contributed by atoms with E-state index in [1.54, 1.807) is 7.11 Å². The molecule has 0 saturated carbocycles. The third kappa shape index (κ3) is 5.68. The molecule has 0 unspecified atom stereocenters. The lowest BCUT2D eigenvalue weighted by Gasteiger charge is -2.21. The molecule has 1 rings (SSSR count). The summed E-state index contributed by atoms with van der Waals surface area (Å²) in [5.74, 6) is -0.822. The Morgan fingerprint density at radius 1 is 1.42 bits per heavy atom. The van der Waals surface area contributed by atoms with E-state index >= 15 is 0 Å². The van der Waals surface area contributed by atoms with Crippen LogP contribution in [-0.2, 0) is 22.5 Å². The van der Waals surface area contributed by atoms with Gasteiger partial charge < -0.3 is 9.84 Å². The molecule has 104 valence electrons. The number of carboxylic acids is 1. The summed E-state index contributed by atoms with van der Waals surface area (Å²) in [5, 5.41) is 8.94. The zero-order valence-corrected chi connectivity index (χ0v) is 11.3. The molecule has 4 heteroatoms. The van der Waals surface area contributed by atoms with Gasteiger partial charge in [-0.1, -0.05) is 30.3 Å². The Kier molecular flexibility index (Phi) is 6.85. The van der Waals surface area contributed by atoms with E-state index in [1.807, 2.05) is 35.2 Å². The molecule has 0 aromatic heterocycles. The van der Waals surface area contributed by atoms with Gasteiger partial charge in [0, 0.05) is 20.2 Å². The lowest BCUT2D eigenvalue weighted by atomic mass is 10.0. The quantitative estimate of drug-likeness (QED) is 0.692. The molecule has 0 aliphatic carbocycles. The van der Waals surface area contributed by atoms with Crippen molar-refractivity contribution in [3.63, 3.8) is 0 Å². The number of carbonyl (C=O) groups is 1. The van der Waals surface area contributed by atoms with Gasteiger partial charge >= 0.3 is 5.97 Å². The first kappa shape index (κ1) is 15.4. The minimum Gasteiger partial charge on any atom is -0.480 e. The molecule has 19 heavy (non-hydrogen) atoms. The smallest absolute Gasteiger partial charge is 0.317 e. The summed E-state index contributed by atoms with van der Waals surface area (Å²) < 4.78 is 5.02. The first-order valence-electron chi connectivity index (χ1n) is 6.28. The van der Waals surface area contributed by atoms with Crippen molar-refractivity contribution in [3.05, 3.63) is 48.0 Å². The average Bonchev–Trinajstić information content (AvgIpc) is 2.38. The zero-order valence-electron chi connectivity index (χ0n) is 11.3. The van der Waals surface area contributed by atoms with Gasteiger partial charge in [0.05, 0.1) is 13.2 Å². The molecule has 0 fully saturated rings. The van der Waals surface area contributed by atoms with Crippen molar-refractivity contribution in [3.8, 4) is 0 Å². The van der Waals surface area contributed by atoms with Gasteiger partial charge in [0.2, 0.25) is 0 Å². The molecule has 0 saturated heterocycles. The molecule has 1 N–H and O–H groups in total. The number of aliphatic carboxylic acids is 1. The molecule has 0 bridgehead atoms. The van der Waals surface area contributed by atoms with Crippen LogP contribution < -0.4 is 0 Å². The molecule has 4 nitrogen and oxygen atoms in total. The molecular weight excluding hydrogens is 242 g/mol. The van der Waals surface area contributed by atoms with E-state index in [1.165, 1.54) is 5.56 Å². The summed E-state index contributed by atoms with van der Waals surface area (Å²) in [5.41, 5.74) is 2.32.